The van der Waals surface area contributed by atoms with Gasteiger partial charge in [0.1, 0.15) is 5.54 Å². The molecule has 1 aromatic heterocycles. The van der Waals surface area contributed by atoms with Crippen molar-refractivity contribution in [2.45, 2.75) is 46.1 Å². The Bertz CT molecular complexity index is 929. The molecule has 23 heavy (non-hydrogen) atoms. The second-order valence-electron chi connectivity index (χ2n) is 7.63. The van der Waals surface area contributed by atoms with E-state index in [1.165, 1.54) is 52.0 Å². The van der Waals surface area contributed by atoms with Crippen molar-refractivity contribution < 1.29 is 4.57 Å². The summed E-state index contributed by atoms with van der Waals surface area (Å²) in [5.74, 6) is 1.33. The van der Waals surface area contributed by atoms with Gasteiger partial charge in [-0.3, -0.25) is 0 Å². The summed E-state index contributed by atoms with van der Waals surface area (Å²) < 4.78 is 4.96. The Morgan fingerprint density at radius 1 is 1.09 bits per heavy atom. The highest BCUT2D eigenvalue weighted by Gasteiger charge is 2.39. The molecule has 0 unspecified atom stereocenters. The first-order chi connectivity index (χ1) is 10.9. The van der Waals surface area contributed by atoms with Crippen LogP contribution in [0.15, 0.2) is 36.4 Å². The van der Waals surface area contributed by atoms with Crippen LogP contribution in [-0.2, 0) is 19.0 Å². The van der Waals surface area contributed by atoms with E-state index < -0.39 is 0 Å². The van der Waals surface area contributed by atoms with Crippen molar-refractivity contribution in [2.75, 3.05) is 0 Å². The molecule has 0 aliphatic carbocycles. The van der Waals surface area contributed by atoms with Crippen LogP contribution in [0.25, 0.3) is 22.4 Å². The lowest BCUT2D eigenvalue weighted by Gasteiger charge is -2.28. The fourth-order valence-corrected chi connectivity index (χ4v) is 4.19. The molecule has 0 N–H and O–H groups in total. The summed E-state index contributed by atoms with van der Waals surface area (Å²) in [5.41, 5.74) is 8.39. The minimum absolute atomic E-state index is 0.139. The largest absolute Gasteiger partial charge is 0.290 e. The summed E-state index contributed by atoms with van der Waals surface area (Å²) in [6.45, 7) is 9.13. The number of benzene rings is 2. The predicted molar refractivity (Wildman–Crippen MR) is 95.7 cm³/mol. The first-order valence-electron chi connectivity index (χ1n) is 8.50. The van der Waals surface area contributed by atoms with Crippen molar-refractivity contribution in [1.82, 2.24) is 4.57 Å². The Morgan fingerprint density at radius 2 is 1.87 bits per heavy atom. The van der Waals surface area contributed by atoms with Crippen LogP contribution >= 0.6 is 0 Å². The average Bonchev–Trinajstić information content (AvgIpc) is 2.79. The fourth-order valence-electron chi connectivity index (χ4n) is 4.19. The molecule has 0 saturated heterocycles. The number of aryl methyl sites for hydroxylation is 4. The number of aromatic nitrogens is 2. The number of nitrogens with zero attached hydrogens (tertiary/aromatic N) is 2. The summed E-state index contributed by atoms with van der Waals surface area (Å²) in [6, 6.07) is 13.5. The van der Waals surface area contributed by atoms with Gasteiger partial charge in [0.05, 0.1) is 12.6 Å². The SMILES string of the molecule is Cc1ccc(-c2n(C)c3cccc4c3[n+]2C(C)(C)CC4)c(C)c1. The van der Waals surface area contributed by atoms with Crippen LogP contribution in [0.1, 0.15) is 37.0 Å². The molecule has 0 fully saturated rings. The van der Waals surface area contributed by atoms with Crippen LogP contribution in [0.2, 0.25) is 0 Å². The lowest BCUT2D eigenvalue weighted by molar-refractivity contribution is -0.728. The molecule has 0 radical (unpaired) electrons. The Morgan fingerprint density at radius 3 is 2.61 bits per heavy atom. The molecule has 0 spiro atoms. The van der Waals surface area contributed by atoms with Gasteiger partial charge >= 0.3 is 0 Å². The maximum atomic E-state index is 2.58. The third kappa shape index (κ3) is 1.97. The normalized spacial score (nSPS) is 16.0. The molecule has 2 heterocycles. The van der Waals surface area contributed by atoms with Gasteiger partial charge in [-0.2, -0.15) is 0 Å². The zero-order valence-electron chi connectivity index (χ0n) is 14.8. The third-order valence-corrected chi connectivity index (χ3v) is 5.45. The molecule has 2 nitrogen and oxygen atoms in total. The molecule has 0 saturated carbocycles. The molecule has 118 valence electrons. The van der Waals surface area contributed by atoms with Crippen molar-refractivity contribution in [2.24, 2.45) is 7.05 Å². The smallest absolute Gasteiger partial charge is 0.226 e. The van der Waals surface area contributed by atoms with E-state index in [0.29, 0.717) is 0 Å². The van der Waals surface area contributed by atoms with Gasteiger partial charge in [0.15, 0.2) is 11.0 Å². The Kier molecular flexibility index (Phi) is 2.96. The summed E-state index contributed by atoms with van der Waals surface area (Å²) >= 11 is 0. The molecule has 1 aliphatic rings. The van der Waals surface area contributed by atoms with E-state index in [0.717, 1.165) is 0 Å². The number of rotatable bonds is 1. The van der Waals surface area contributed by atoms with Gasteiger partial charge in [-0.15, -0.1) is 0 Å². The Hall–Kier alpha value is -2.09. The van der Waals surface area contributed by atoms with E-state index in [9.17, 15) is 0 Å². The molecule has 2 aromatic carbocycles. The summed E-state index contributed by atoms with van der Waals surface area (Å²) in [7, 11) is 2.21. The Labute approximate surface area is 138 Å². The van der Waals surface area contributed by atoms with Crippen molar-refractivity contribution >= 4 is 11.0 Å². The van der Waals surface area contributed by atoms with E-state index in [-0.39, 0.29) is 5.54 Å². The molecule has 3 aromatic rings. The zero-order chi connectivity index (χ0) is 16.4. The standard InChI is InChI=1S/C21H25N2/c1-14-9-10-17(15(2)13-14)20-22(5)18-8-6-7-16-11-12-21(3,4)23(20)19(16)18/h6-10,13H,11-12H2,1-5H3/q+1. The summed E-state index contributed by atoms with van der Waals surface area (Å²) in [5, 5.41) is 0. The van der Waals surface area contributed by atoms with Gasteiger partial charge in [0, 0.05) is 5.56 Å². The highest BCUT2D eigenvalue weighted by molar-refractivity contribution is 5.80. The van der Waals surface area contributed by atoms with Crippen LogP contribution in [0, 0.1) is 13.8 Å². The lowest BCUT2D eigenvalue weighted by Crippen LogP contribution is -2.55. The minimum Gasteiger partial charge on any atom is -0.226 e. The van der Waals surface area contributed by atoms with Crippen LogP contribution in [0.5, 0.6) is 0 Å². The lowest BCUT2D eigenvalue weighted by atomic mass is 9.89. The molecule has 4 rings (SSSR count). The number of para-hydroxylation sites is 1. The van der Waals surface area contributed by atoms with Crippen LogP contribution in [0.4, 0.5) is 0 Å². The number of hydrogen-bond acceptors (Lipinski definition) is 0. The third-order valence-electron chi connectivity index (χ3n) is 5.45. The van der Waals surface area contributed by atoms with Gasteiger partial charge in [0.2, 0.25) is 0 Å². The maximum absolute atomic E-state index is 2.58. The first kappa shape index (κ1) is 14.5. The molecule has 0 bridgehead atoms. The maximum Gasteiger partial charge on any atom is 0.290 e. The number of imidazole rings is 1. The van der Waals surface area contributed by atoms with Gasteiger partial charge in [-0.1, -0.05) is 29.8 Å². The first-order valence-corrected chi connectivity index (χ1v) is 8.50. The minimum atomic E-state index is 0.139. The summed E-state index contributed by atoms with van der Waals surface area (Å²) in [4.78, 5) is 0. The second-order valence-corrected chi connectivity index (χ2v) is 7.63. The van der Waals surface area contributed by atoms with Gasteiger partial charge < -0.3 is 0 Å². The van der Waals surface area contributed by atoms with Crippen molar-refractivity contribution in [3.63, 3.8) is 0 Å². The predicted octanol–water partition coefficient (Wildman–Crippen LogP) is 4.43. The van der Waals surface area contributed by atoms with Crippen LogP contribution in [0.3, 0.4) is 0 Å². The monoisotopic (exact) mass is 305 g/mol. The zero-order valence-corrected chi connectivity index (χ0v) is 14.8. The van der Waals surface area contributed by atoms with E-state index in [1.807, 2.05) is 0 Å². The molecule has 0 amide bonds. The van der Waals surface area contributed by atoms with Gasteiger partial charge in [0.25, 0.3) is 5.82 Å². The van der Waals surface area contributed by atoms with Crippen molar-refractivity contribution in [1.29, 1.82) is 0 Å². The molecule has 2 heteroatoms. The number of hydrogen-bond donors (Lipinski definition) is 0. The quantitative estimate of drug-likeness (QED) is 0.588. The topological polar surface area (TPSA) is 8.81 Å². The van der Waals surface area contributed by atoms with E-state index in [2.05, 4.69) is 80.3 Å². The average molecular weight is 305 g/mol. The van der Waals surface area contributed by atoms with Gasteiger partial charge in [-0.05, 0) is 58.2 Å². The van der Waals surface area contributed by atoms with E-state index in [4.69, 9.17) is 0 Å². The van der Waals surface area contributed by atoms with E-state index in [1.54, 1.807) is 0 Å². The summed E-state index contributed by atoms with van der Waals surface area (Å²) in [6.07, 6.45) is 2.35. The second kappa shape index (κ2) is 4.70. The van der Waals surface area contributed by atoms with Crippen molar-refractivity contribution in [3.8, 4) is 11.4 Å². The van der Waals surface area contributed by atoms with Crippen molar-refractivity contribution in [3.05, 3.63) is 53.1 Å². The highest BCUT2D eigenvalue weighted by Crippen LogP contribution is 2.34. The Balaban J connectivity index is 2.16. The molecular formula is C21H25N2+. The van der Waals surface area contributed by atoms with Crippen LogP contribution in [-0.4, -0.2) is 4.57 Å². The molecular weight excluding hydrogens is 280 g/mol. The highest BCUT2D eigenvalue weighted by atomic mass is 15.2. The molecule has 0 atom stereocenters. The van der Waals surface area contributed by atoms with Gasteiger partial charge in [-0.25, -0.2) is 9.13 Å². The molecule has 1 aliphatic heterocycles. The fraction of sp³-hybridized carbons (Fsp3) is 0.381. The van der Waals surface area contributed by atoms with E-state index >= 15 is 0 Å². The van der Waals surface area contributed by atoms with Crippen LogP contribution < -0.4 is 4.57 Å².